The van der Waals surface area contributed by atoms with Gasteiger partial charge in [0.25, 0.3) is 5.91 Å². The van der Waals surface area contributed by atoms with Crippen LogP contribution in [0.15, 0.2) is 12.1 Å². The molecule has 114 valence electrons. The van der Waals surface area contributed by atoms with Gasteiger partial charge in [-0.2, -0.15) is 0 Å². The predicted molar refractivity (Wildman–Crippen MR) is 71.5 cm³/mol. The van der Waals surface area contributed by atoms with Crippen LogP contribution in [0, 0.1) is 11.6 Å². The Morgan fingerprint density at radius 3 is 2.81 bits per heavy atom. The Kier molecular flexibility index (Phi) is 4.40. The van der Waals surface area contributed by atoms with Crippen molar-refractivity contribution in [1.82, 2.24) is 4.90 Å². The molecule has 1 aromatic carbocycles. The van der Waals surface area contributed by atoms with Crippen molar-refractivity contribution in [3.05, 3.63) is 29.3 Å². The van der Waals surface area contributed by atoms with Crippen LogP contribution in [0.5, 0.6) is 0 Å². The van der Waals surface area contributed by atoms with E-state index in [0.29, 0.717) is 12.8 Å². The fraction of sp³-hybridized carbons (Fsp3) is 0.429. The van der Waals surface area contributed by atoms with E-state index in [4.69, 9.17) is 10.5 Å². The molecule has 1 heterocycles. The van der Waals surface area contributed by atoms with Gasteiger partial charge in [-0.1, -0.05) is 0 Å². The molecule has 5 nitrogen and oxygen atoms in total. The summed E-state index contributed by atoms with van der Waals surface area (Å²) in [5.74, 6) is -3.07. The lowest BCUT2D eigenvalue weighted by Crippen LogP contribution is -2.41. The summed E-state index contributed by atoms with van der Waals surface area (Å²) in [5.41, 5.74) is 4.41. The largest absolute Gasteiger partial charge is 0.464 e. The number of carbonyl (C=O) groups is 2. The van der Waals surface area contributed by atoms with Crippen LogP contribution in [0.2, 0.25) is 0 Å². The number of anilines is 1. The molecule has 1 atom stereocenters. The first kappa shape index (κ1) is 15.2. The second kappa shape index (κ2) is 6.07. The molecule has 2 N–H and O–H groups in total. The number of nitrogens with zero attached hydrogens (tertiary/aromatic N) is 1. The minimum absolute atomic E-state index is 0.193. The smallest absolute Gasteiger partial charge is 0.328 e. The Hall–Kier alpha value is -2.18. The van der Waals surface area contributed by atoms with Gasteiger partial charge >= 0.3 is 5.97 Å². The van der Waals surface area contributed by atoms with E-state index < -0.39 is 40.8 Å². The van der Waals surface area contributed by atoms with Crippen LogP contribution in [-0.2, 0) is 9.53 Å². The first-order chi connectivity index (χ1) is 9.95. The highest BCUT2D eigenvalue weighted by Crippen LogP contribution is 2.25. The number of nitrogen functional groups attached to an aromatic ring is 1. The molecule has 0 bridgehead atoms. The Labute approximate surface area is 120 Å². The summed E-state index contributed by atoms with van der Waals surface area (Å²) in [5, 5.41) is 0. The molecule has 21 heavy (non-hydrogen) atoms. The summed E-state index contributed by atoms with van der Waals surface area (Å²) in [6.07, 6.45) is 1.04. The molecule has 7 heteroatoms. The Balaban J connectivity index is 2.29. The minimum atomic E-state index is -0.976. The number of halogens is 2. The zero-order valence-electron chi connectivity index (χ0n) is 11.6. The second-order valence-electron chi connectivity index (χ2n) is 4.77. The van der Waals surface area contributed by atoms with Crippen molar-refractivity contribution in [3.8, 4) is 0 Å². The third kappa shape index (κ3) is 2.96. The average molecular weight is 298 g/mol. The van der Waals surface area contributed by atoms with E-state index in [0.717, 1.165) is 12.1 Å². The molecular formula is C14H16F2N2O3. The molecular weight excluding hydrogens is 282 g/mol. The Morgan fingerprint density at radius 2 is 2.14 bits per heavy atom. The van der Waals surface area contributed by atoms with Gasteiger partial charge in [-0.3, -0.25) is 4.79 Å². The minimum Gasteiger partial charge on any atom is -0.464 e. The van der Waals surface area contributed by atoms with Gasteiger partial charge in [0.2, 0.25) is 0 Å². The fourth-order valence-electron chi connectivity index (χ4n) is 2.41. The maximum absolute atomic E-state index is 13.9. The van der Waals surface area contributed by atoms with Crippen LogP contribution < -0.4 is 5.73 Å². The molecule has 1 unspecified atom stereocenters. The van der Waals surface area contributed by atoms with Gasteiger partial charge in [-0.25, -0.2) is 13.6 Å². The molecule has 1 aliphatic heterocycles. The lowest BCUT2D eigenvalue weighted by Gasteiger charge is -2.23. The standard InChI is InChI=1S/C14H16F2N2O3/c1-2-21-14(20)11-4-3-5-18(11)13(19)9-6-8(15)7-10(17)12(9)16/h6-7,11H,2-5,17H2,1H3. The van der Waals surface area contributed by atoms with E-state index in [9.17, 15) is 18.4 Å². The van der Waals surface area contributed by atoms with Crippen LogP contribution in [0.4, 0.5) is 14.5 Å². The quantitative estimate of drug-likeness (QED) is 0.681. The number of hydrogen-bond donors (Lipinski definition) is 1. The van der Waals surface area contributed by atoms with E-state index >= 15 is 0 Å². The number of amides is 1. The molecule has 2 rings (SSSR count). The first-order valence-electron chi connectivity index (χ1n) is 6.67. The molecule has 1 amide bonds. The number of nitrogens with two attached hydrogens (primary N) is 1. The lowest BCUT2D eigenvalue weighted by molar-refractivity contribution is -0.147. The fourth-order valence-corrected chi connectivity index (χ4v) is 2.41. The third-order valence-electron chi connectivity index (χ3n) is 3.37. The van der Waals surface area contributed by atoms with Gasteiger partial charge in [-0.05, 0) is 31.9 Å². The van der Waals surface area contributed by atoms with E-state index in [1.165, 1.54) is 4.90 Å². The molecule has 0 aromatic heterocycles. The maximum Gasteiger partial charge on any atom is 0.328 e. The van der Waals surface area contributed by atoms with E-state index in [-0.39, 0.29) is 13.2 Å². The lowest BCUT2D eigenvalue weighted by atomic mass is 10.1. The molecule has 1 aromatic rings. The third-order valence-corrected chi connectivity index (χ3v) is 3.37. The molecule has 0 aliphatic carbocycles. The molecule has 0 spiro atoms. The normalized spacial score (nSPS) is 17.9. The van der Waals surface area contributed by atoms with Gasteiger partial charge in [-0.15, -0.1) is 0 Å². The summed E-state index contributed by atoms with van der Waals surface area (Å²) in [6, 6.07) is 0.828. The van der Waals surface area contributed by atoms with E-state index in [1.807, 2.05) is 0 Å². The number of ether oxygens (including phenoxy) is 1. The second-order valence-corrected chi connectivity index (χ2v) is 4.77. The van der Waals surface area contributed by atoms with Crippen molar-refractivity contribution in [2.45, 2.75) is 25.8 Å². The molecule has 0 saturated carbocycles. The van der Waals surface area contributed by atoms with Gasteiger partial charge in [0.1, 0.15) is 11.9 Å². The first-order valence-corrected chi connectivity index (χ1v) is 6.67. The topological polar surface area (TPSA) is 72.6 Å². The van der Waals surface area contributed by atoms with Crippen molar-refractivity contribution < 1.29 is 23.1 Å². The predicted octanol–water partition coefficient (Wildman–Crippen LogP) is 1.71. The number of benzene rings is 1. The van der Waals surface area contributed by atoms with Crippen molar-refractivity contribution >= 4 is 17.6 Å². The SMILES string of the molecule is CCOC(=O)C1CCCN1C(=O)c1cc(F)cc(N)c1F. The molecule has 1 saturated heterocycles. The van der Waals surface area contributed by atoms with Gasteiger partial charge in [0, 0.05) is 6.54 Å². The summed E-state index contributed by atoms with van der Waals surface area (Å²) in [6.45, 7) is 2.14. The Bertz CT molecular complexity index is 578. The van der Waals surface area contributed by atoms with Crippen molar-refractivity contribution in [3.63, 3.8) is 0 Å². The van der Waals surface area contributed by atoms with Crippen molar-refractivity contribution in [1.29, 1.82) is 0 Å². The highest BCUT2D eigenvalue weighted by atomic mass is 19.1. The molecule has 1 aliphatic rings. The summed E-state index contributed by atoms with van der Waals surface area (Å²) >= 11 is 0. The van der Waals surface area contributed by atoms with Gasteiger partial charge in [0.05, 0.1) is 17.9 Å². The van der Waals surface area contributed by atoms with E-state index in [2.05, 4.69) is 0 Å². The van der Waals surface area contributed by atoms with Crippen LogP contribution in [-0.4, -0.2) is 36.0 Å². The number of rotatable bonds is 3. The zero-order valence-corrected chi connectivity index (χ0v) is 11.6. The molecule has 1 fully saturated rings. The van der Waals surface area contributed by atoms with Gasteiger partial charge < -0.3 is 15.4 Å². The van der Waals surface area contributed by atoms with E-state index in [1.54, 1.807) is 6.92 Å². The maximum atomic E-state index is 13.9. The summed E-state index contributed by atoms with van der Waals surface area (Å²) < 4.78 is 32.1. The highest BCUT2D eigenvalue weighted by molar-refractivity contribution is 5.98. The highest BCUT2D eigenvalue weighted by Gasteiger charge is 2.36. The van der Waals surface area contributed by atoms with Gasteiger partial charge in [0.15, 0.2) is 5.82 Å². The van der Waals surface area contributed by atoms with Crippen LogP contribution in [0.3, 0.4) is 0 Å². The average Bonchev–Trinajstić information content (AvgIpc) is 2.91. The number of esters is 1. The van der Waals surface area contributed by atoms with Crippen LogP contribution in [0.25, 0.3) is 0 Å². The number of carbonyl (C=O) groups excluding carboxylic acids is 2. The monoisotopic (exact) mass is 298 g/mol. The molecule has 0 radical (unpaired) electrons. The van der Waals surface area contributed by atoms with Crippen LogP contribution in [0.1, 0.15) is 30.1 Å². The summed E-state index contributed by atoms with van der Waals surface area (Å²) in [4.78, 5) is 25.4. The Morgan fingerprint density at radius 1 is 1.43 bits per heavy atom. The number of hydrogen-bond acceptors (Lipinski definition) is 4. The van der Waals surface area contributed by atoms with Crippen molar-refractivity contribution in [2.75, 3.05) is 18.9 Å². The van der Waals surface area contributed by atoms with Crippen molar-refractivity contribution in [2.24, 2.45) is 0 Å². The van der Waals surface area contributed by atoms with Crippen LogP contribution >= 0.6 is 0 Å². The number of likely N-dealkylation sites (tertiary alicyclic amines) is 1. The summed E-state index contributed by atoms with van der Waals surface area (Å²) in [7, 11) is 0. The zero-order chi connectivity index (χ0) is 15.6.